The topological polar surface area (TPSA) is 80.3 Å². The smallest absolute Gasteiger partial charge is 0.308 e. The van der Waals surface area contributed by atoms with Crippen molar-refractivity contribution in [1.29, 1.82) is 0 Å². The van der Waals surface area contributed by atoms with Gasteiger partial charge in [0.25, 0.3) is 0 Å². The Kier molecular flexibility index (Phi) is 17.4. The Balaban J connectivity index is 1.64. The molecule has 0 saturated carbocycles. The molecular weight excluding hydrogens is 733 g/mol. The molecule has 5 atom stereocenters. The van der Waals surface area contributed by atoms with Crippen LogP contribution in [0.5, 0.6) is 5.75 Å². The van der Waals surface area contributed by atoms with E-state index in [-0.39, 0.29) is 46.2 Å². The number of methoxy groups -OCH3 is 1. The standard InChI is InChI=1S/C47H72O7Si2/c1-34(45(54-56(13,14)47(7,8)9)35(2)32-51-33-37-23-28-42(50-10)29-24-37)22-27-41(48)20-17-21-43(53-55(11,12)46(4,5)6)31-44(49)52-36(3)39-26-25-38-18-15-16-19-40(38)30-39/h15-20,23-26,28-30,34-36,43,45H,21-22,27,31-33H2,1-14H3/b20-17+/t34-,35-,36+,43+,45+/m1/s1. The summed E-state index contributed by atoms with van der Waals surface area (Å²) < 4.78 is 31.2. The highest BCUT2D eigenvalue weighted by Crippen LogP contribution is 2.40. The Bertz CT molecular complexity index is 1720. The van der Waals surface area contributed by atoms with Gasteiger partial charge in [-0.25, -0.2) is 0 Å². The molecule has 0 aliphatic heterocycles. The molecule has 0 unspecified atom stereocenters. The van der Waals surface area contributed by atoms with Crippen LogP contribution in [0.2, 0.25) is 36.3 Å². The lowest BCUT2D eigenvalue weighted by atomic mass is 9.90. The second-order valence-corrected chi connectivity index (χ2v) is 28.3. The first-order valence-electron chi connectivity index (χ1n) is 20.5. The second-order valence-electron chi connectivity index (χ2n) is 18.7. The fraction of sp³-hybridized carbons (Fsp3) is 0.574. The zero-order valence-corrected chi connectivity index (χ0v) is 39.0. The summed E-state index contributed by atoms with van der Waals surface area (Å²) in [5, 5.41) is 2.27. The molecule has 3 aromatic rings. The minimum atomic E-state index is -2.22. The average Bonchev–Trinajstić information content (AvgIpc) is 3.11. The molecule has 310 valence electrons. The van der Waals surface area contributed by atoms with Gasteiger partial charge in [-0.05, 0) is 108 Å². The van der Waals surface area contributed by atoms with E-state index in [0.717, 1.165) is 27.6 Å². The van der Waals surface area contributed by atoms with Crippen molar-refractivity contribution in [2.75, 3.05) is 13.7 Å². The van der Waals surface area contributed by atoms with Gasteiger partial charge in [0, 0.05) is 12.3 Å². The van der Waals surface area contributed by atoms with Crippen LogP contribution in [0.3, 0.4) is 0 Å². The molecule has 0 saturated heterocycles. The fourth-order valence-corrected chi connectivity index (χ4v) is 9.05. The van der Waals surface area contributed by atoms with Gasteiger partial charge in [0.15, 0.2) is 22.4 Å². The van der Waals surface area contributed by atoms with E-state index in [1.807, 2.05) is 55.5 Å². The van der Waals surface area contributed by atoms with E-state index in [1.54, 1.807) is 13.2 Å². The number of fused-ring (bicyclic) bond motifs is 1. The minimum Gasteiger partial charge on any atom is -0.497 e. The lowest BCUT2D eigenvalue weighted by Gasteiger charge is -2.43. The van der Waals surface area contributed by atoms with E-state index in [0.29, 0.717) is 32.5 Å². The molecule has 0 bridgehead atoms. The van der Waals surface area contributed by atoms with E-state index in [4.69, 9.17) is 23.1 Å². The molecule has 0 amide bonds. The van der Waals surface area contributed by atoms with Crippen LogP contribution in [-0.2, 0) is 34.5 Å². The molecule has 0 N–H and O–H groups in total. The van der Waals surface area contributed by atoms with Gasteiger partial charge in [0.1, 0.15) is 11.9 Å². The van der Waals surface area contributed by atoms with Crippen LogP contribution in [0.25, 0.3) is 10.8 Å². The molecule has 56 heavy (non-hydrogen) atoms. The van der Waals surface area contributed by atoms with Crippen LogP contribution in [0.1, 0.15) is 105 Å². The van der Waals surface area contributed by atoms with E-state index >= 15 is 0 Å². The molecule has 0 aliphatic rings. The van der Waals surface area contributed by atoms with Crippen molar-refractivity contribution in [2.24, 2.45) is 11.8 Å². The van der Waals surface area contributed by atoms with Crippen LogP contribution in [0.4, 0.5) is 0 Å². The summed E-state index contributed by atoms with van der Waals surface area (Å²) in [6.07, 6.45) is 4.39. The zero-order chi connectivity index (χ0) is 41.9. The summed E-state index contributed by atoms with van der Waals surface area (Å²) in [6, 6.07) is 22.3. The minimum absolute atomic E-state index is 0.0376. The summed E-state index contributed by atoms with van der Waals surface area (Å²) in [5.41, 5.74) is 2.04. The van der Waals surface area contributed by atoms with Crippen molar-refractivity contribution in [2.45, 2.75) is 149 Å². The molecule has 3 rings (SSSR count). The Morgan fingerprint density at radius 1 is 0.768 bits per heavy atom. The molecule has 3 aromatic carbocycles. The van der Waals surface area contributed by atoms with Gasteiger partial charge in [-0.2, -0.15) is 0 Å². The van der Waals surface area contributed by atoms with Gasteiger partial charge in [0.05, 0.1) is 39.0 Å². The molecule has 0 radical (unpaired) electrons. The van der Waals surface area contributed by atoms with Crippen LogP contribution < -0.4 is 4.74 Å². The summed E-state index contributed by atoms with van der Waals surface area (Å²) in [6.45, 7) is 29.6. The number of hydrogen-bond donors (Lipinski definition) is 0. The Morgan fingerprint density at radius 2 is 1.38 bits per heavy atom. The summed E-state index contributed by atoms with van der Waals surface area (Å²) in [7, 11) is -2.66. The fourth-order valence-electron chi connectivity index (χ4n) is 6.18. The van der Waals surface area contributed by atoms with Crippen LogP contribution >= 0.6 is 0 Å². The first-order valence-corrected chi connectivity index (χ1v) is 26.3. The third-order valence-corrected chi connectivity index (χ3v) is 20.9. The van der Waals surface area contributed by atoms with Gasteiger partial charge in [0.2, 0.25) is 0 Å². The number of allylic oxidation sites excluding steroid dienone is 1. The molecule has 0 fully saturated rings. The number of hydrogen-bond acceptors (Lipinski definition) is 7. The van der Waals surface area contributed by atoms with Gasteiger partial charge in [-0.3, -0.25) is 9.59 Å². The number of benzene rings is 3. The Morgan fingerprint density at radius 3 is 1.98 bits per heavy atom. The van der Waals surface area contributed by atoms with Gasteiger partial charge in [-0.1, -0.05) is 110 Å². The molecule has 0 aliphatic carbocycles. The third kappa shape index (κ3) is 14.4. The van der Waals surface area contributed by atoms with Gasteiger partial charge >= 0.3 is 5.97 Å². The lowest BCUT2D eigenvalue weighted by molar-refractivity contribution is -0.150. The molecule has 9 heteroatoms. The van der Waals surface area contributed by atoms with Crippen molar-refractivity contribution in [3.63, 3.8) is 0 Å². The van der Waals surface area contributed by atoms with Crippen LogP contribution in [-0.4, -0.2) is 54.3 Å². The summed E-state index contributed by atoms with van der Waals surface area (Å²) in [5.74, 6) is 0.864. The van der Waals surface area contributed by atoms with Crippen molar-refractivity contribution in [3.05, 3.63) is 90.0 Å². The number of rotatable bonds is 21. The molecule has 0 spiro atoms. The van der Waals surface area contributed by atoms with Crippen LogP contribution in [0.15, 0.2) is 78.9 Å². The Hall–Kier alpha value is -3.09. The van der Waals surface area contributed by atoms with Crippen molar-refractivity contribution >= 4 is 39.2 Å². The zero-order valence-electron chi connectivity index (χ0n) is 37.0. The average molecular weight is 805 g/mol. The molecule has 7 nitrogen and oxygen atoms in total. The first kappa shape index (κ1) is 47.3. The second kappa shape index (κ2) is 20.6. The van der Waals surface area contributed by atoms with E-state index in [1.165, 1.54) is 0 Å². The number of esters is 1. The van der Waals surface area contributed by atoms with Crippen LogP contribution in [0, 0.1) is 11.8 Å². The quantitative estimate of drug-likeness (QED) is 0.0602. The predicted molar refractivity (Wildman–Crippen MR) is 236 cm³/mol. The third-order valence-electron chi connectivity index (χ3n) is 11.9. The van der Waals surface area contributed by atoms with Crippen molar-refractivity contribution < 1.29 is 32.7 Å². The molecule has 0 aromatic heterocycles. The van der Waals surface area contributed by atoms with E-state index in [2.05, 4.69) is 106 Å². The van der Waals surface area contributed by atoms with Crippen molar-refractivity contribution in [1.82, 2.24) is 0 Å². The predicted octanol–water partition coefficient (Wildman–Crippen LogP) is 12.4. The first-order chi connectivity index (χ1) is 26.0. The van der Waals surface area contributed by atoms with Gasteiger partial charge < -0.3 is 23.1 Å². The molecule has 0 heterocycles. The maximum Gasteiger partial charge on any atom is 0.308 e. The number of ketones is 1. The highest BCUT2D eigenvalue weighted by Gasteiger charge is 2.42. The van der Waals surface area contributed by atoms with E-state index in [9.17, 15) is 9.59 Å². The maximum absolute atomic E-state index is 13.4. The summed E-state index contributed by atoms with van der Waals surface area (Å²) >= 11 is 0. The maximum atomic E-state index is 13.4. The SMILES string of the molecule is COc1ccc(COC[C@@H](C)[C@@H](O[Si](C)(C)C(C)(C)C)[C@H](C)CCC(=O)/C=C/C[C@@H](CC(=O)O[C@@H](C)c2ccc3ccccc3c2)O[Si](C)(C)C(C)(C)C)cc1. The lowest BCUT2D eigenvalue weighted by Crippen LogP contribution is -2.48. The summed E-state index contributed by atoms with van der Waals surface area (Å²) in [4.78, 5) is 26.7. The highest BCUT2D eigenvalue weighted by atomic mass is 28.4. The monoisotopic (exact) mass is 804 g/mol. The van der Waals surface area contributed by atoms with E-state index < -0.39 is 28.8 Å². The highest BCUT2D eigenvalue weighted by molar-refractivity contribution is 6.74. The number of ether oxygens (including phenoxy) is 3. The van der Waals surface area contributed by atoms with Crippen molar-refractivity contribution in [3.8, 4) is 5.75 Å². The number of carbonyl (C=O) groups excluding carboxylic acids is 2. The molecular formula is C47H72O7Si2. The Labute approximate surface area is 341 Å². The normalized spacial score (nSPS) is 15.7. The number of carbonyl (C=O) groups is 2. The largest absolute Gasteiger partial charge is 0.497 e. The van der Waals surface area contributed by atoms with Gasteiger partial charge in [-0.15, -0.1) is 0 Å².